The van der Waals surface area contributed by atoms with Gasteiger partial charge in [0.1, 0.15) is 0 Å². The third-order valence-corrected chi connectivity index (χ3v) is 9.02. The molecule has 270 valence electrons. The Morgan fingerprint density at radius 3 is 0.922 bits per heavy atom. The average molecular weight is 807 g/mol. The number of alkyl halides is 6. The largest absolute Gasteiger partial charge is 0.369 e. The predicted molar refractivity (Wildman–Crippen MR) is 229 cm³/mol. The van der Waals surface area contributed by atoms with Crippen LogP contribution in [0.3, 0.4) is 0 Å². The lowest BCUT2D eigenvalue weighted by Crippen LogP contribution is -2.27. The first-order valence-corrected chi connectivity index (χ1v) is 20.0. The quantitative estimate of drug-likeness (QED) is 0.0784. The van der Waals surface area contributed by atoms with Gasteiger partial charge in [-0.3, -0.25) is 0 Å². The van der Waals surface area contributed by atoms with Crippen molar-refractivity contribution in [2.24, 2.45) is 0 Å². The lowest BCUT2D eigenvalue weighted by atomic mass is 10.1. The number of nitrogens with zero attached hydrogens (tertiary/aromatic N) is 5. The van der Waals surface area contributed by atoms with E-state index in [0.29, 0.717) is 41.1 Å². The van der Waals surface area contributed by atoms with Crippen LogP contribution in [-0.4, -0.2) is 84.5 Å². The van der Waals surface area contributed by atoms with Crippen LogP contribution in [0.25, 0.3) is 36.5 Å². The Hall–Kier alpha value is -2.90. The van der Waals surface area contributed by atoms with E-state index < -0.39 is 0 Å². The third-order valence-electron chi connectivity index (χ3n) is 8.00. The van der Waals surface area contributed by atoms with Crippen molar-refractivity contribution in [3.63, 3.8) is 0 Å². The van der Waals surface area contributed by atoms with Gasteiger partial charge >= 0.3 is 0 Å². The SMILES string of the molecule is ClCCN(CCCl)c1ccc(C=Cc2cc(C=Cc3ccc(N(CCCl)CCCl)cc3)nc(C=Cc3ccc(N(CCCl)CCCl)cc3)n2)cc1. The fourth-order valence-corrected chi connectivity index (χ4v) is 6.62. The molecule has 0 aliphatic carbocycles. The lowest BCUT2D eigenvalue weighted by molar-refractivity contribution is 0.874. The fourth-order valence-electron chi connectivity index (χ4n) is 5.40. The summed E-state index contributed by atoms with van der Waals surface area (Å²) in [6.07, 6.45) is 12.1. The van der Waals surface area contributed by atoms with E-state index in [1.807, 2.05) is 30.4 Å². The zero-order valence-electron chi connectivity index (χ0n) is 28.5. The van der Waals surface area contributed by atoms with Gasteiger partial charge in [0.15, 0.2) is 5.82 Å². The molecule has 51 heavy (non-hydrogen) atoms. The van der Waals surface area contributed by atoms with Gasteiger partial charge in [0.2, 0.25) is 0 Å². The molecular formula is C40H43Cl6N5. The molecule has 0 saturated heterocycles. The smallest absolute Gasteiger partial charge is 0.153 e. The van der Waals surface area contributed by atoms with Crippen molar-refractivity contribution < 1.29 is 0 Å². The molecule has 0 spiro atoms. The highest BCUT2D eigenvalue weighted by Gasteiger charge is 2.08. The molecule has 5 nitrogen and oxygen atoms in total. The minimum atomic E-state index is 0.539. The van der Waals surface area contributed by atoms with Gasteiger partial charge in [0, 0.05) is 91.6 Å². The van der Waals surface area contributed by atoms with Crippen LogP contribution in [0.1, 0.15) is 33.9 Å². The highest BCUT2D eigenvalue weighted by Crippen LogP contribution is 2.21. The first-order valence-electron chi connectivity index (χ1n) is 16.8. The Morgan fingerprint density at radius 1 is 0.373 bits per heavy atom. The van der Waals surface area contributed by atoms with Crippen molar-refractivity contribution >= 4 is 123 Å². The predicted octanol–water partition coefficient (Wildman–Crippen LogP) is 10.8. The van der Waals surface area contributed by atoms with E-state index in [4.69, 9.17) is 79.6 Å². The average Bonchev–Trinajstić information content (AvgIpc) is 3.16. The Balaban J connectivity index is 1.59. The summed E-state index contributed by atoms with van der Waals surface area (Å²) in [5, 5.41) is 0. The maximum Gasteiger partial charge on any atom is 0.153 e. The minimum absolute atomic E-state index is 0.539. The van der Waals surface area contributed by atoms with Gasteiger partial charge in [0.25, 0.3) is 0 Å². The second-order valence-corrected chi connectivity index (χ2v) is 13.7. The second-order valence-electron chi connectivity index (χ2n) is 11.4. The monoisotopic (exact) mass is 803 g/mol. The Morgan fingerprint density at radius 2 is 0.647 bits per heavy atom. The van der Waals surface area contributed by atoms with Crippen LogP contribution in [0.4, 0.5) is 17.1 Å². The van der Waals surface area contributed by atoms with Crippen LogP contribution in [0.2, 0.25) is 0 Å². The van der Waals surface area contributed by atoms with E-state index in [1.165, 1.54) is 0 Å². The maximum atomic E-state index is 6.01. The van der Waals surface area contributed by atoms with Crippen molar-refractivity contribution in [3.05, 3.63) is 113 Å². The number of hydrogen-bond acceptors (Lipinski definition) is 5. The minimum Gasteiger partial charge on any atom is -0.369 e. The Labute approximate surface area is 333 Å². The van der Waals surface area contributed by atoms with E-state index in [1.54, 1.807) is 0 Å². The summed E-state index contributed by atoms with van der Waals surface area (Å²) in [5.41, 5.74) is 7.99. The van der Waals surface area contributed by atoms with E-state index in [9.17, 15) is 0 Å². The number of rotatable bonds is 21. The van der Waals surface area contributed by atoms with Crippen molar-refractivity contribution in [1.82, 2.24) is 9.97 Å². The zero-order chi connectivity index (χ0) is 36.3. The summed E-state index contributed by atoms with van der Waals surface area (Å²) in [5.74, 6) is 3.85. The lowest BCUT2D eigenvalue weighted by Gasteiger charge is -2.22. The molecule has 3 aromatic carbocycles. The molecule has 4 rings (SSSR count). The fraction of sp³-hybridized carbons (Fsp3) is 0.300. The second kappa shape index (κ2) is 22.9. The van der Waals surface area contributed by atoms with E-state index in [-0.39, 0.29) is 0 Å². The first kappa shape index (κ1) is 40.9. The summed E-state index contributed by atoms with van der Waals surface area (Å²) < 4.78 is 0. The summed E-state index contributed by atoms with van der Waals surface area (Å²) in [6.45, 7) is 4.45. The molecule has 0 N–H and O–H groups in total. The van der Waals surface area contributed by atoms with Crippen LogP contribution in [-0.2, 0) is 0 Å². The maximum absolute atomic E-state index is 6.01. The van der Waals surface area contributed by atoms with Gasteiger partial charge in [-0.25, -0.2) is 9.97 Å². The molecule has 0 aliphatic heterocycles. The van der Waals surface area contributed by atoms with Crippen LogP contribution in [0, 0.1) is 0 Å². The molecule has 0 unspecified atom stereocenters. The zero-order valence-corrected chi connectivity index (χ0v) is 33.0. The molecule has 4 aromatic rings. The summed E-state index contributed by atoms with van der Waals surface area (Å²) in [6, 6.07) is 27.0. The van der Waals surface area contributed by atoms with Crippen LogP contribution >= 0.6 is 69.6 Å². The number of anilines is 3. The number of aromatic nitrogens is 2. The summed E-state index contributed by atoms with van der Waals surface area (Å²) in [7, 11) is 0. The highest BCUT2D eigenvalue weighted by molar-refractivity contribution is 6.19. The van der Waals surface area contributed by atoms with Gasteiger partial charge in [0.05, 0.1) is 11.4 Å². The summed E-state index contributed by atoms with van der Waals surface area (Å²) in [4.78, 5) is 16.2. The van der Waals surface area contributed by atoms with Crippen LogP contribution in [0.5, 0.6) is 0 Å². The molecule has 0 saturated carbocycles. The first-order chi connectivity index (χ1) is 25.0. The molecule has 0 fully saturated rings. The van der Waals surface area contributed by atoms with Gasteiger partial charge in [-0.15, -0.1) is 69.6 Å². The van der Waals surface area contributed by atoms with E-state index in [0.717, 1.165) is 84.4 Å². The number of halogens is 6. The summed E-state index contributed by atoms with van der Waals surface area (Å²) >= 11 is 36.1. The molecule has 0 aliphatic rings. The molecular weight excluding hydrogens is 763 g/mol. The molecule has 1 aromatic heterocycles. The van der Waals surface area contributed by atoms with Crippen LogP contribution in [0.15, 0.2) is 78.9 Å². The van der Waals surface area contributed by atoms with E-state index >= 15 is 0 Å². The van der Waals surface area contributed by atoms with Gasteiger partial charge < -0.3 is 14.7 Å². The van der Waals surface area contributed by atoms with Crippen molar-refractivity contribution in [2.45, 2.75) is 0 Å². The normalized spacial score (nSPS) is 11.6. The molecule has 0 atom stereocenters. The molecule has 1 heterocycles. The van der Waals surface area contributed by atoms with Gasteiger partial charge in [-0.1, -0.05) is 54.6 Å². The van der Waals surface area contributed by atoms with Crippen molar-refractivity contribution in [2.75, 3.05) is 89.2 Å². The standard InChI is InChI=1S/C40H43Cl6N5/c41-19-25-49(26-20-42)37-12-3-32(4-13-37)1-10-35-31-36(11-2-33-5-14-38(15-6-33)50(27-21-43)28-22-44)48-40(47-35)18-9-34-7-16-39(17-8-34)51(29-23-45)30-24-46/h1-18,31H,19-30H2. The van der Waals surface area contributed by atoms with Crippen molar-refractivity contribution in [1.29, 1.82) is 0 Å². The number of hydrogen-bond donors (Lipinski definition) is 0. The highest BCUT2D eigenvalue weighted by atomic mass is 35.5. The molecule has 0 amide bonds. The Bertz CT molecular complexity index is 1450. The number of benzene rings is 3. The molecule has 0 radical (unpaired) electrons. The van der Waals surface area contributed by atoms with Gasteiger partial charge in [-0.05, 0) is 77.4 Å². The molecule has 11 heteroatoms. The van der Waals surface area contributed by atoms with Crippen LogP contribution < -0.4 is 14.7 Å². The third kappa shape index (κ3) is 13.5. The van der Waals surface area contributed by atoms with Crippen molar-refractivity contribution in [3.8, 4) is 0 Å². The van der Waals surface area contributed by atoms with Gasteiger partial charge in [-0.2, -0.15) is 0 Å². The van der Waals surface area contributed by atoms with E-state index in [2.05, 4.69) is 99.6 Å². The molecule has 0 bridgehead atoms. The topological polar surface area (TPSA) is 35.5 Å². The Kier molecular flexibility index (Phi) is 18.4.